The predicted molar refractivity (Wildman–Crippen MR) is 109 cm³/mol. The Hall–Kier alpha value is -2.54. The largest absolute Gasteiger partial charge is 0.394 e. The summed E-state index contributed by atoms with van der Waals surface area (Å²) in [6, 6.07) is -1.39. The van der Waals surface area contributed by atoms with E-state index in [0.717, 1.165) is 5.01 Å². The number of aliphatic hydroxyl groups excluding tert-OH is 7. The number of hydrogen-bond donors (Lipinski definition) is 9. The van der Waals surface area contributed by atoms with Crippen LogP contribution in [0.3, 0.4) is 0 Å². The molecule has 1 saturated heterocycles. The van der Waals surface area contributed by atoms with Crippen molar-refractivity contribution in [3.63, 3.8) is 0 Å². The highest BCUT2D eigenvalue weighted by atomic mass is 16.6. The highest BCUT2D eigenvalue weighted by molar-refractivity contribution is 5.89. The summed E-state index contributed by atoms with van der Waals surface area (Å²) in [5.74, 6) is -1.16. The molecule has 1 unspecified atom stereocenters. The Kier molecular flexibility index (Phi) is 7.73. The van der Waals surface area contributed by atoms with E-state index in [1.807, 2.05) is 0 Å². The molecule has 0 aromatic carbocycles. The number of hydrogen-bond acceptors (Lipinski definition) is 15. The standard InChI is InChI=1S/C17H27N7O9/c1-23(22-6(2-25)10(29)11(30)7(28)3-26)17-20-14(18)9-15(21-17)24(5-19-9)16-13(32)12(31)8(4-27)33-16/h5-8,11-13,16,22,25-28,30-32H,2-4H2,1H3,(H2,18,20,21)/t6?,7-,8+,11-,12+,13+,16+/m0/s1. The fourth-order valence-electron chi connectivity index (χ4n) is 3.35. The van der Waals surface area contributed by atoms with Gasteiger partial charge < -0.3 is 46.2 Å². The molecule has 7 atom stereocenters. The monoisotopic (exact) mass is 473 g/mol. The summed E-state index contributed by atoms with van der Waals surface area (Å²) in [4.78, 5) is 24.7. The second-order valence-electron chi connectivity index (χ2n) is 7.48. The first-order chi connectivity index (χ1) is 15.6. The number of hydrazine groups is 1. The van der Waals surface area contributed by atoms with E-state index in [4.69, 9.17) is 15.6 Å². The average Bonchev–Trinajstić information content (AvgIpc) is 3.36. The Morgan fingerprint density at radius 2 is 1.94 bits per heavy atom. The number of rotatable bonds is 10. The molecule has 2 aromatic heterocycles. The summed E-state index contributed by atoms with van der Waals surface area (Å²) < 4.78 is 6.79. The molecular formula is C17H27N7O9. The highest BCUT2D eigenvalue weighted by Crippen LogP contribution is 2.32. The molecule has 16 nitrogen and oxygen atoms in total. The van der Waals surface area contributed by atoms with E-state index < -0.39 is 68.4 Å². The summed E-state index contributed by atoms with van der Waals surface area (Å²) >= 11 is 0. The molecular weight excluding hydrogens is 446 g/mol. The molecule has 0 spiro atoms. The zero-order chi connectivity index (χ0) is 24.4. The number of aromatic nitrogens is 4. The lowest BCUT2D eigenvalue weighted by molar-refractivity contribution is -0.137. The van der Waals surface area contributed by atoms with Gasteiger partial charge in [0.15, 0.2) is 23.5 Å². The molecule has 16 heteroatoms. The molecule has 3 rings (SSSR count). The van der Waals surface area contributed by atoms with E-state index in [9.17, 15) is 35.4 Å². The van der Waals surface area contributed by atoms with Gasteiger partial charge >= 0.3 is 0 Å². The van der Waals surface area contributed by atoms with Crippen molar-refractivity contribution < 1.29 is 45.3 Å². The molecule has 0 radical (unpaired) electrons. The van der Waals surface area contributed by atoms with Gasteiger partial charge in [-0.3, -0.25) is 14.4 Å². The van der Waals surface area contributed by atoms with Gasteiger partial charge in [-0.2, -0.15) is 9.97 Å². The number of Topliss-reactive ketones (excluding diaryl/α,β-unsaturated/α-hetero) is 1. The molecule has 0 saturated carbocycles. The van der Waals surface area contributed by atoms with Crippen LogP contribution in [0, 0.1) is 0 Å². The number of nitrogens with two attached hydrogens (primary N) is 1. The fourth-order valence-corrected chi connectivity index (χ4v) is 3.35. The molecule has 0 aliphatic carbocycles. The molecule has 1 aliphatic rings. The van der Waals surface area contributed by atoms with Gasteiger partial charge in [0.25, 0.3) is 0 Å². The molecule has 0 bridgehead atoms. The Balaban J connectivity index is 1.88. The van der Waals surface area contributed by atoms with E-state index in [-0.39, 0.29) is 22.9 Å². The van der Waals surface area contributed by atoms with Gasteiger partial charge in [-0.25, -0.2) is 10.4 Å². The van der Waals surface area contributed by atoms with E-state index in [2.05, 4.69) is 20.4 Å². The topological polar surface area (TPSA) is 253 Å². The van der Waals surface area contributed by atoms with E-state index in [0.29, 0.717) is 0 Å². The highest BCUT2D eigenvalue weighted by Gasteiger charge is 2.44. The van der Waals surface area contributed by atoms with Crippen LogP contribution in [0.2, 0.25) is 0 Å². The Labute approximate surface area is 186 Å². The molecule has 33 heavy (non-hydrogen) atoms. The van der Waals surface area contributed by atoms with Crippen molar-refractivity contribution in [3.05, 3.63) is 6.33 Å². The molecule has 1 aliphatic heterocycles. The second-order valence-corrected chi connectivity index (χ2v) is 7.48. The third kappa shape index (κ3) is 4.74. The summed E-state index contributed by atoms with van der Waals surface area (Å²) in [6.45, 7) is -2.15. The maximum absolute atomic E-state index is 12.3. The summed E-state index contributed by atoms with van der Waals surface area (Å²) in [6.07, 6.45) is -7.32. The number of imidazole rings is 1. The van der Waals surface area contributed by atoms with E-state index in [1.54, 1.807) is 0 Å². The number of ether oxygens (including phenoxy) is 1. The average molecular weight is 473 g/mol. The first kappa shape index (κ1) is 25.1. The van der Waals surface area contributed by atoms with Gasteiger partial charge in [0.1, 0.15) is 42.1 Å². The number of nitrogens with one attached hydrogen (secondary N) is 1. The van der Waals surface area contributed by atoms with Gasteiger partial charge in [0.2, 0.25) is 5.95 Å². The molecule has 184 valence electrons. The lowest BCUT2D eigenvalue weighted by Gasteiger charge is -2.26. The minimum Gasteiger partial charge on any atom is -0.394 e. The smallest absolute Gasteiger partial charge is 0.243 e. The van der Waals surface area contributed by atoms with Crippen LogP contribution in [0.5, 0.6) is 0 Å². The first-order valence-corrected chi connectivity index (χ1v) is 9.88. The predicted octanol–water partition coefficient (Wildman–Crippen LogP) is -5.40. The lowest BCUT2D eigenvalue weighted by Crippen LogP contribution is -2.54. The number of carbonyl (C=O) groups excluding carboxylic acids is 1. The number of ketones is 1. The van der Waals surface area contributed by atoms with Gasteiger partial charge in [-0.15, -0.1) is 0 Å². The molecule has 10 N–H and O–H groups in total. The number of nitrogen functional groups attached to an aromatic ring is 1. The molecule has 1 fully saturated rings. The Morgan fingerprint density at radius 1 is 1.24 bits per heavy atom. The van der Waals surface area contributed by atoms with Crippen molar-refractivity contribution >= 4 is 28.7 Å². The number of anilines is 2. The zero-order valence-corrected chi connectivity index (χ0v) is 17.5. The van der Waals surface area contributed by atoms with Crippen LogP contribution in [0.15, 0.2) is 6.33 Å². The van der Waals surface area contributed by atoms with E-state index >= 15 is 0 Å². The summed E-state index contributed by atoms with van der Waals surface area (Å²) in [5, 5.41) is 68.5. The van der Waals surface area contributed by atoms with Crippen LogP contribution in [-0.4, -0.2) is 124 Å². The molecule has 3 heterocycles. The van der Waals surface area contributed by atoms with Crippen LogP contribution in [0.1, 0.15) is 6.23 Å². The minimum absolute atomic E-state index is 0.0724. The van der Waals surface area contributed by atoms with Crippen LogP contribution in [0.25, 0.3) is 11.2 Å². The van der Waals surface area contributed by atoms with Gasteiger partial charge in [0, 0.05) is 7.05 Å². The second kappa shape index (κ2) is 10.2. The molecule has 0 amide bonds. The fraction of sp³-hybridized carbons (Fsp3) is 0.647. The van der Waals surface area contributed by atoms with Gasteiger partial charge in [-0.1, -0.05) is 0 Å². The Morgan fingerprint density at radius 3 is 2.52 bits per heavy atom. The van der Waals surface area contributed by atoms with Crippen molar-refractivity contribution in [1.29, 1.82) is 0 Å². The number of aliphatic hydroxyl groups is 7. The van der Waals surface area contributed by atoms with Crippen molar-refractivity contribution in [3.8, 4) is 0 Å². The normalized spacial score (nSPS) is 25.8. The summed E-state index contributed by atoms with van der Waals surface area (Å²) in [7, 11) is 1.39. The quantitative estimate of drug-likeness (QED) is 0.146. The van der Waals surface area contributed by atoms with Crippen LogP contribution in [-0.2, 0) is 9.53 Å². The SMILES string of the molecule is CN(NC(CO)C(=O)[C@@H](O)[C@@H](O)CO)c1nc(N)c2ncn([C@@H]3O[C@H](CO)[C@@H](O)[C@H]3O)c2n1. The summed E-state index contributed by atoms with van der Waals surface area (Å²) in [5.41, 5.74) is 8.78. The first-order valence-electron chi connectivity index (χ1n) is 9.88. The van der Waals surface area contributed by atoms with E-state index in [1.165, 1.54) is 17.9 Å². The number of fused-ring (bicyclic) bond motifs is 1. The Bertz CT molecular complexity index is 976. The van der Waals surface area contributed by atoms with Crippen molar-refractivity contribution in [2.45, 2.75) is 42.8 Å². The number of carbonyl (C=O) groups is 1. The third-order valence-corrected chi connectivity index (χ3v) is 5.25. The van der Waals surface area contributed by atoms with Crippen molar-refractivity contribution in [2.24, 2.45) is 0 Å². The van der Waals surface area contributed by atoms with Crippen LogP contribution >= 0.6 is 0 Å². The van der Waals surface area contributed by atoms with Crippen LogP contribution in [0.4, 0.5) is 11.8 Å². The third-order valence-electron chi connectivity index (χ3n) is 5.25. The maximum Gasteiger partial charge on any atom is 0.243 e. The van der Waals surface area contributed by atoms with Crippen molar-refractivity contribution in [1.82, 2.24) is 24.9 Å². The van der Waals surface area contributed by atoms with Gasteiger partial charge in [0.05, 0.1) is 26.1 Å². The number of nitrogens with zero attached hydrogens (tertiary/aromatic N) is 5. The van der Waals surface area contributed by atoms with Crippen LogP contribution < -0.4 is 16.2 Å². The minimum atomic E-state index is -1.95. The lowest BCUT2D eigenvalue weighted by atomic mass is 10.0. The van der Waals surface area contributed by atoms with Gasteiger partial charge in [-0.05, 0) is 0 Å². The zero-order valence-electron chi connectivity index (χ0n) is 17.5. The van der Waals surface area contributed by atoms with Crippen molar-refractivity contribution in [2.75, 3.05) is 37.6 Å². The molecule has 2 aromatic rings. The maximum atomic E-state index is 12.3.